The number of hydrogen-bond acceptors (Lipinski definition) is 14. The van der Waals surface area contributed by atoms with E-state index in [1.165, 1.54) is 31.2 Å². The van der Waals surface area contributed by atoms with E-state index in [2.05, 4.69) is 0 Å². The summed E-state index contributed by atoms with van der Waals surface area (Å²) in [6.07, 6.45) is -4.38. The number of Topliss-reactive ketones (excluding diaryl/α,β-unsaturated/α-hetero) is 1. The molecule has 2 aromatic carbocycles. The Balaban J connectivity index is 1.41. The Hall–Kier alpha value is -3.76. The molecule has 10 atom stereocenters. The van der Waals surface area contributed by atoms with Crippen molar-refractivity contribution >= 4 is 23.3 Å². The highest BCUT2D eigenvalue weighted by molar-refractivity contribution is 6.30. The fraction of sp³-hybridized carbons (Fsp3) is 0.568. The molecule has 0 aromatic heterocycles. The lowest BCUT2D eigenvalue weighted by Gasteiger charge is -2.47. The number of aliphatic hydroxyl groups is 2. The first-order chi connectivity index (χ1) is 24.1. The van der Waals surface area contributed by atoms with Crippen molar-refractivity contribution in [2.24, 2.45) is 0 Å². The molecule has 0 amide bonds. The summed E-state index contributed by atoms with van der Waals surface area (Å²) in [5, 5.41) is 44.7. The van der Waals surface area contributed by atoms with E-state index in [4.69, 9.17) is 23.7 Å². The highest BCUT2D eigenvalue weighted by atomic mass is 16.7. The number of rotatable bonds is 8. The number of hydrogen-bond donors (Lipinski definition) is 4. The normalized spacial score (nSPS) is 33.3. The summed E-state index contributed by atoms with van der Waals surface area (Å²) in [4.78, 5) is 55.6. The van der Waals surface area contributed by atoms with Crippen LogP contribution in [0, 0.1) is 0 Å². The Kier molecular flexibility index (Phi) is 10.2. The second-order valence-electron chi connectivity index (χ2n) is 14.3. The molecule has 2 aromatic rings. The van der Waals surface area contributed by atoms with Crippen molar-refractivity contribution in [2.45, 2.75) is 114 Å². The van der Waals surface area contributed by atoms with Gasteiger partial charge in [-0.05, 0) is 59.0 Å². The van der Waals surface area contributed by atoms with E-state index in [0.29, 0.717) is 12.8 Å². The number of ether oxygens (including phenoxy) is 5. The molecule has 4 aliphatic rings. The highest BCUT2D eigenvalue weighted by Gasteiger charge is 2.54. The third-order valence-corrected chi connectivity index (χ3v) is 10.6. The van der Waals surface area contributed by atoms with Crippen molar-refractivity contribution < 1.29 is 63.3 Å². The lowest BCUT2D eigenvalue weighted by atomic mass is 9.66. The molecule has 2 fully saturated rings. The Labute approximate surface area is 295 Å². The van der Waals surface area contributed by atoms with Gasteiger partial charge in [-0.15, -0.1) is 0 Å². The summed E-state index contributed by atoms with van der Waals surface area (Å²) < 4.78 is 30.2. The Bertz CT molecular complexity index is 1740. The van der Waals surface area contributed by atoms with Crippen LogP contribution in [0.25, 0.3) is 0 Å². The van der Waals surface area contributed by atoms with E-state index in [1.807, 2.05) is 25.9 Å². The molecule has 6 rings (SSSR count). The van der Waals surface area contributed by atoms with Crippen LogP contribution in [0.5, 0.6) is 11.5 Å². The molecular formula is C37H45NO13. The standard InChI is InChI=1S/C37H45NO13/c1-16(39)14-37(46)15-25(50-27-13-22(38(4)5)35(18(3)49-27)51-26-11-10-23(40)17(2)48-26)29-20(31(37)36(45)47-6)12-21-30(34(29)44)33(43)28-19(32(21)42)8-7-9-24(28)41/h7-9,12,17-18,22-23,25-27,31,35,40-41,44,46H,10-11,13-15H2,1-6H3/t17?,18?,22?,23?,25-,26?,27?,31-,35?,37+/m0/s1. The average molecular weight is 712 g/mol. The molecule has 2 aliphatic heterocycles. The van der Waals surface area contributed by atoms with Gasteiger partial charge in [0.05, 0.1) is 48.3 Å². The molecule has 14 heteroatoms. The molecular weight excluding hydrogens is 666 g/mol. The smallest absolute Gasteiger partial charge is 0.316 e. The van der Waals surface area contributed by atoms with Crippen molar-refractivity contribution in [3.8, 4) is 11.5 Å². The number of esters is 1. The molecule has 7 unspecified atom stereocenters. The van der Waals surface area contributed by atoms with E-state index < -0.39 is 95.9 Å². The minimum absolute atomic E-state index is 0.0390. The summed E-state index contributed by atoms with van der Waals surface area (Å²) in [5.74, 6) is -5.49. The number of carbonyl (C=O) groups is 4. The molecule has 0 radical (unpaired) electrons. The van der Waals surface area contributed by atoms with Crippen LogP contribution in [0.4, 0.5) is 0 Å². The number of aromatic hydroxyl groups is 2. The van der Waals surface area contributed by atoms with Crippen LogP contribution < -0.4 is 0 Å². The number of carbonyl (C=O) groups excluding carboxylic acids is 4. The minimum atomic E-state index is -2.08. The SMILES string of the molecule is COC(=O)[C@@H]1c2cc3c(c(O)c2[C@@H](OC2CC(N(C)C)C(OC4CCC(O)C(C)O4)C(C)O2)C[C@]1(O)CC(C)=O)C(=O)c1c(O)cccc1C3=O. The number of ketones is 3. The molecule has 14 nitrogen and oxygen atoms in total. The fourth-order valence-corrected chi connectivity index (χ4v) is 8.15. The molecule has 0 spiro atoms. The summed E-state index contributed by atoms with van der Waals surface area (Å²) in [5.41, 5.74) is -3.15. The Morgan fingerprint density at radius 3 is 2.33 bits per heavy atom. The zero-order valence-corrected chi connectivity index (χ0v) is 29.5. The highest BCUT2D eigenvalue weighted by Crippen LogP contribution is 2.54. The topological polar surface area (TPSA) is 199 Å². The van der Waals surface area contributed by atoms with Crippen molar-refractivity contribution in [2.75, 3.05) is 21.2 Å². The van der Waals surface area contributed by atoms with Gasteiger partial charge < -0.3 is 49.0 Å². The first-order valence-corrected chi connectivity index (χ1v) is 17.1. The summed E-state index contributed by atoms with van der Waals surface area (Å²) in [7, 11) is 4.87. The van der Waals surface area contributed by atoms with E-state index in [1.54, 1.807) is 6.92 Å². The molecule has 2 saturated heterocycles. The first-order valence-electron chi connectivity index (χ1n) is 17.1. The lowest BCUT2D eigenvalue weighted by molar-refractivity contribution is -0.302. The number of aliphatic hydroxyl groups excluding tert-OH is 1. The molecule has 2 aliphatic carbocycles. The largest absolute Gasteiger partial charge is 0.507 e. The number of likely N-dealkylation sites (N-methyl/N-ethyl adjacent to an activating group) is 1. The molecule has 0 bridgehead atoms. The van der Waals surface area contributed by atoms with Gasteiger partial charge in [0.1, 0.15) is 29.3 Å². The molecule has 51 heavy (non-hydrogen) atoms. The third kappa shape index (κ3) is 6.58. The number of phenolic OH excluding ortho intramolecular Hbond substituents is 2. The molecule has 0 saturated carbocycles. The zero-order chi connectivity index (χ0) is 37.1. The fourth-order valence-electron chi connectivity index (χ4n) is 8.15. The van der Waals surface area contributed by atoms with Gasteiger partial charge in [-0.25, -0.2) is 0 Å². The van der Waals surface area contributed by atoms with Crippen LogP contribution in [-0.4, -0.2) is 118 Å². The Morgan fingerprint density at radius 2 is 1.69 bits per heavy atom. The van der Waals surface area contributed by atoms with Crippen LogP contribution in [0.3, 0.4) is 0 Å². The summed E-state index contributed by atoms with van der Waals surface area (Å²) in [6.45, 7) is 4.86. The van der Waals surface area contributed by atoms with Gasteiger partial charge in [-0.1, -0.05) is 12.1 Å². The molecule has 2 heterocycles. The zero-order valence-electron chi connectivity index (χ0n) is 29.5. The monoisotopic (exact) mass is 711 g/mol. The van der Waals surface area contributed by atoms with E-state index in [9.17, 15) is 39.6 Å². The molecule has 4 N–H and O–H groups in total. The van der Waals surface area contributed by atoms with Crippen LogP contribution in [0.15, 0.2) is 24.3 Å². The van der Waals surface area contributed by atoms with E-state index in [-0.39, 0.29) is 52.3 Å². The molecule has 276 valence electrons. The van der Waals surface area contributed by atoms with Gasteiger partial charge in [-0.2, -0.15) is 0 Å². The predicted octanol–water partition coefficient (Wildman–Crippen LogP) is 2.64. The van der Waals surface area contributed by atoms with E-state index in [0.717, 1.165) is 7.11 Å². The maximum atomic E-state index is 13.9. The summed E-state index contributed by atoms with van der Waals surface area (Å²) >= 11 is 0. The van der Waals surface area contributed by atoms with Crippen LogP contribution in [0.2, 0.25) is 0 Å². The van der Waals surface area contributed by atoms with Crippen LogP contribution in [0.1, 0.15) is 108 Å². The van der Waals surface area contributed by atoms with Crippen LogP contribution in [-0.2, 0) is 33.3 Å². The van der Waals surface area contributed by atoms with Crippen molar-refractivity contribution in [3.63, 3.8) is 0 Å². The number of methoxy groups -OCH3 is 1. The number of benzene rings is 2. The Morgan fingerprint density at radius 1 is 0.980 bits per heavy atom. The van der Waals surface area contributed by atoms with E-state index >= 15 is 0 Å². The number of nitrogens with zero attached hydrogens (tertiary/aromatic N) is 1. The minimum Gasteiger partial charge on any atom is -0.507 e. The van der Waals surface area contributed by atoms with Crippen molar-refractivity contribution in [1.82, 2.24) is 4.90 Å². The van der Waals surface area contributed by atoms with Crippen molar-refractivity contribution in [3.05, 3.63) is 57.6 Å². The predicted molar refractivity (Wildman–Crippen MR) is 177 cm³/mol. The number of fused-ring (bicyclic) bond motifs is 3. The van der Waals surface area contributed by atoms with Gasteiger partial charge in [0.25, 0.3) is 0 Å². The quantitative estimate of drug-likeness (QED) is 0.249. The average Bonchev–Trinajstić information content (AvgIpc) is 3.05. The van der Waals surface area contributed by atoms with Gasteiger partial charge in [0, 0.05) is 48.4 Å². The number of phenols is 2. The van der Waals surface area contributed by atoms with Gasteiger partial charge in [0.2, 0.25) is 5.78 Å². The second kappa shape index (κ2) is 14.0. The van der Waals surface area contributed by atoms with Gasteiger partial charge in [0.15, 0.2) is 18.4 Å². The lowest BCUT2D eigenvalue weighted by Crippen LogP contribution is -2.56. The van der Waals surface area contributed by atoms with Crippen molar-refractivity contribution in [1.29, 1.82) is 0 Å². The third-order valence-electron chi connectivity index (χ3n) is 10.6. The van der Waals surface area contributed by atoms with Gasteiger partial charge in [-0.3, -0.25) is 19.2 Å². The van der Waals surface area contributed by atoms with Gasteiger partial charge >= 0.3 is 5.97 Å². The van der Waals surface area contributed by atoms with Crippen LogP contribution >= 0.6 is 0 Å². The maximum Gasteiger partial charge on any atom is 0.316 e. The maximum absolute atomic E-state index is 13.9. The first kappa shape index (κ1) is 37.0. The second-order valence-corrected chi connectivity index (χ2v) is 14.3. The summed E-state index contributed by atoms with van der Waals surface area (Å²) in [6, 6.07) is 5.02.